The summed E-state index contributed by atoms with van der Waals surface area (Å²) >= 11 is 0. The average molecular weight is 301 g/mol. The Morgan fingerprint density at radius 3 is 2.45 bits per heavy atom. The van der Waals surface area contributed by atoms with E-state index in [4.69, 9.17) is 0 Å². The third-order valence-corrected chi connectivity index (χ3v) is 4.89. The third-order valence-electron chi connectivity index (χ3n) is 4.89. The van der Waals surface area contributed by atoms with E-state index < -0.39 is 0 Å². The molecule has 1 aromatic carbocycles. The summed E-state index contributed by atoms with van der Waals surface area (Å²) in [5.41, 5.74) is 1.10. The number of hydrazine groups is 1. The van der Waals surface area contributed by atoms with Crippen LogP contribution in [0.3, 0.4) is 0 Å². The highest BCUT2D eigenvalue weighted by atomic mass is 16.2. The predicted octanol–water partition coefficient (Wildman–Crippen LogP) is 3.30. The van der Waals surface area contributed by atoms with Gasteiger partial charge in [-0.15, -0.1) is 0 Å². The molecule has 1 N–H and O–H groups in total. The van der Waals surface area contributed by atoms with Crippen LogP contribution in [0, 0.1) is 0 Å². The summed E-state index contributed by atoms with van der Waals surface area (Å²) in [5.74, 6) is 0.113. The molecule has 1 saturated carbocycles. The molecule has 1 heterocycles. The van der Waals surface area contributed by atoms with Gasteiger partial charge in [-0.2, -0.15) is 0 Å². The van der Waals surface area contributed by atoms with Gasteiger partial charge in [0, 0.05) is 19.4 Å². The molecule has 4 heteroatoms. The van der Waals surface area contributed by atoms with Crippen molar-refractivity contribution < 1.29 is 4.79 Å². The first kappa shape index (κ1) is 15.3. The summed E-state index contributed by atoms with van der Waals surface area (Å²) < 4.78 is 0. The molecular weight excluding hydrogens is 274 g/mol. The molecule has 1 aliphatic heterocycles. The van der Waals surface area contributed by atoms with Gasteiger partial charge in [0.25, 0.3) is 0 Å². The van der Waals surface area contributed by atoms with E-state index in [9.17, 15) is 4.79 Å². The first-order valence-corrected chi connectivity index (χ1v) is 8.57. The van der Waals surface area contributed by atoms with Gasteiger partial charge in [-0.1, -0.05) is 37.5 Å². The van der Waals surface area contributed by atoms with Crippen LogP contribution in [0.2, 0.25) is 0 Å². The summed E-state index contributed by atoms with van der Waals surface area (Å²) in [7, 11) is 0. The lowest BCUT2D eigenvalue weighted by atomic mass is 9.95. The minimum atomic E-state index is 0.113. The van der Waals surface area contributed by atoms with Gasteiger partial charge in [0.2, 0.25) is 5.91 Å². The van der Waals surface area contributed by atoms with Crippen molar-refractivity contribution in [3.63, 3.8) is 0 Å². The molecule has 1 aromatic rings. The van der Waals surface area contributed by atoms with Crippen molar-refractivity contribution in [3.05, 3.63) is 30.3 Å². The molecule has 4 nitrogen and oxygen atoms in total. The maximum atomic E-state index is 12.3. The van der Waals surface area contributed by atoms with E-state index in [0.29, 0.717) is 12.1 Å². The highest BCUT2D eigenvalue weighted by Gasteiger charge is 2.39. The predicted molar refractivity (Wildman–Crippen MR) is 89.3 cm³/mol. The van der Waals surface area contributed by atoms with Crippen LogP contribution in [0.1, 0.15) is 52.4 Å². The second kappa shape index (κ2) is 6.69. The molecule has 3 rings (SSSR count). The van der Waals surface area contributed by atoms with Gasteiger partial charge >= 0.3 is 0 Å². The van der Waals surface area contributed by atoms with Crippen molar-refractivity contribution in [2.24, 2.45) is 0 Å². The van der Waals surface area contributed by atoms with Crippen LogP contribution in [0.25, 0.3) is 0 Å². The van der Waals surface area contributed by atoms with Crippen molar-refractivity contribution in [2.75, 3.05) is 5.01 Å². The summed E-state index contributed by atoms with van der Waals surface area (Å²) in [5, 5.41) is 7.82. The van der Waals surface area contributed by atoms with Crippen LogP contribution in [-0.2, 0) is 4.79 Å². The zero-order valence-corrected chi connectivity index (χ0v) is 13.7. The number of para-hydroxylation sites is 1. The third kappa shape index (κ3) is 3.12. The zero-order valence-electron chi connectivity index (χ0n) is 13.7. The van der Waals surface area contributed by atoms with Gasteiger partial charge in [0.05, 0.1) is 11.7 Å². The van der Waals surface area contributed by atoms with Crippen LogP contribution in [0.15, 0.2) is 30.3 Å². The molecule has 0 aromatic heterocycles. The van der Waals surface area contributed by atoms with Gasteiger partial charge in [-0.05, 0) is 31.9 Å². The van der Waals surface area contributed by atoms with Crippen molar-refractivity contribution in [3.8, 4) is 0 Å². The fourth-order valence-corrected chi connectivity index (χ4v) is 3.90. The molecule has 0 bridgehead atoms. The summed E-state index contributed by atoms with van der Waals surface area (Å²) in [6.07, 6.45) is 7.54. The average Bonchev–Trinajstić information content (AvgIpc) is 2.85. The fraction of sp³-hybridized carbons (Fsp3) is 0.611. The number of nitrogens with one attached hydrogen (secondary N) is 1. The standard InChI is InChI=1S/C18H27N3O/c1-14-13-18(19-16-9-5-3-6-10-16)21(15(2)22)20(14)17-11-7-4-8-12-17/h4,7-8,11-12,14,16,18-19H,3,5-6,9-10,13H2,1-2H3. The van der Waals surface area contributed by atoms with E-state index in [1.807, 2.05) is 23.2 Å². The molecule has 1 saturated heterocycles. The molecule has 120 valence electrons. The number of rotatable bonds is 3. The molecule has 2 atom stereocenters. The van der Waals surface area contributed by atoms with Crippen LogP contribution in [0.5, 0.6) is 0 Å². The van der Waals surface area contributed by atoms with Gasteiger partial charge in [-0.3, -0.25) is 15.1 Å². The monoisotopic (exact) mass is 301 g/mol. The number of carbonyl (C=O) groups excluding carboxylic acids is 1. The van der Waals surface area contributed by atoms with E-state index in [2.05, 4.69) is 29.4 Å². The fourth-order valence-electron chi connectivity index (χ4n) is 3.90. The molecule has 1 aliphatic carbocycles. The number of carbonyl (C=O) groups is 1. The van der Waals surface area contributed by atoms with Crippen molar-refractivity contribution in [1.29, 1.82) is 0 Å². The second-order valence-corrected chi connectivity index (χ2v) is 6.65. The Labute approximate surface area is 133 Å². The van der Waals surface area contributed by atoms with E-state index in [-0.39, 0.29) is 12.1 Å². The number of amides is 1. The number of nitrogens with zero attached hydrogens (tertiary/aromatic N) is 2. The summed E-state index contributed by atoms with van der Waals surface area (Å²) in [4.78, 5) is 12.3. The Morgan fingerprint density at radius 1 is 1.14 bits per heavy atom. The lowest BCUT2D eigenvalue weighted by Crippen LogP contribution is -2.53. The Hall–Kier alpha value is -1.55. The molecule has 1 amide bonds. The van der Waals surface area contributed by atoms with E-state index in [1.54, 1.807) is 6.92 Å². The van der Waals surface area contributed by atoms with E-state index in [0.717, 1.165) is 12.1 Å². The largest absolute Gasteiger partial charge is 0.293 e. The molecular formula is C18H27N3O. The maximum Gasteiger partial charge on any atom is 0.239 e. The molecule has 0 radical (unpaired) electrons. The Balaban J connectivity index is 1.78. The number of benzene rings is 1. The van der Waals surface area contributed by atoms with Crippen molar-refractivity contribution in [1.82, 2.24) is 10.3 Å². The maximum absolute atomic E-state index is 12.3. The van der Waals surface area contributed by atoms with Gasteiger partial charge in [0.1, 0.15) is 6.17 Å². The lowest BCUT2D eigenvalue weighted by molar-refractivity contribution is -0.131. The van der Waals surface area contributed by atoms with Gasteiger partial charge < -0.3 is 0 Å². The van der Waals surface area contributed by atoms with E-state index >= 15 is 0 Å². The molecule has 22 heavy (non-hydrogen) atoms. The van der Waals surface area contributed by atoms with Crippen LogP contribution < -0.4 is 10.3 Å². The van der Waals surface area contributed by atoms with Crippen molar-refractivity contribution in [2.45, 2.75) is 70.6 Å². The zero-order chi connectivity index (χ0) is 15.5. The van der Waals surface area contributed by atoms with Gasteiger partial charge in [0.15, 0.2) is 0 Å². The number of hydrogen-bond acceptors (Lipinski definition) is 3. The Bertz CT molecular complexity index is 498. The molecule has 2 unspecified atom stereocenters. The first-order chi connectivity index (χ1) is 10.7. The first-order valence-electron chi connectivity index (χ1n) is 8.57. The Kier molecular flexibility index (Phi) is 4.67. The highest BCUT2D eigenvalue weighted by molar-refractivity contribution is 5.76. The van der Waals surface area contributed by atoms with Crippen LogP contribution >= 0.6 is 0 Å². The van der Waals surface area contributed by atoms with Gasteiger partial charge in [-0.25, -0.2) is 5.01 Å². The quantitative estimate of drug-likeness (QED) is 0.930. The topological polar surface area (TPSA) is 35.6 Å². The molecule has 2 aliphatic rings. The second-order valence-electron chi connectivity index (χ2n) is 6.65. The summed E-state index contributed by atoms with van der Waals surface area (Å²) in [6.45, 7) is 3.87. The number of anilines is 1. The highest BCUT2D eigenvalue weighted by Crippen LogP contribution is 2.31. The summed E-state index contributed by atoms with van der Waals surface area (Å²) in [6, 6.07) is 11.1. The minimum absolute atomic E-state index is 0.113. The normalized spacial score (nSPS) is 26.5. The number of hydrogen-bond donors (Lipinski definition) is 1. The SMILES string of the molecule is CC(=O)N1C(NC2CCCCC2)CC(C)N1c1ccccc1. The van der Waals surface area contributed by atoms with Crippen molar-refractivity contribution >= 4 is 11.6 Å². The van der Waals surface area contributed by atoms with Crippen LogP contribution in [-0.4, -0.2) is 29.2 Å². The van der Waals surface area contributed by atoms with Crippen LogP contribution in [0.4, 0.5) is 5.69 Å². The minimum Gasteiger partial charge on any atom is -0.293 e. The Morgan fingerprint density at radius 2 is 1.82 bits per heavy atom. The lowest BCUT2D eigenvalue weighted by Gasteiger charge is -2.36. The molecule has 2 fully saturated rings. The smallest absolute Gasteiger partial charge is 0.239 e. The van der Waals surface area contributed by atoms with E-state index in [1.165, 1.54) is 32.1 Å². The molecule has 0 spiro atoms.